The third kappa shape index (κ3) is 1.60. The second-order valence-corrected chi connectivity index (χ2v) is 3.89. The largest absolute Gasteiger partial charge is 0.309 e. The summed E-state index contributed by atoms with van der Waals surface area (Å²) in [4.78, 5) is 9.05. The molecule has 2 heterocycles. The Balaban J connectivity index is 2.30. The molecule has 0 aliphatic heterocycles. The van der Waals surface area contributed by atoms with Gasteiger partial charge >= 0.3 is 0 Å². The highest BCUT2D eigenvalue weighted by Gasteiger charge is 2.11. The van der Waals surface area contributed by atoms with Crippen LogP contribution in [0.1, 0.15) is 6.92 Å². The molecule has 17 heavy (non-hydrogen) atoms. The molecule has 0 aliphatic rings. The Morgan fingerprint density at radius 2 is 1.88 bits per heavy atom. The number of fused-ring (bicyclic) bond motifs is 1. The molecule has 3 nitrogen and oxygen atoms in total. The molecule has 2 aromatic heterocycles. The molecule has 0 aliphatic carbocycles. The van der Waals surface area contributed by atoms with Crippen LogP contribution in [-0.2, 0) is 6.54 Å². The van der Waals surface area contributed by atoms with Crippen LogP contribution in [0, 0.1) is 0 Å². The van der Waals surface area contributed by atoms with Crippen molar-refractivity contribution in [2.75, 3.05) is 0 Å². The van der Waals surface area contributed by atoms with E-state index in [1.54, 1.807) is 0 Å². The summed E-state index contributed by atoms with van der Waals surface area (Å²) in [5.41, 5.74) is 3.04. The molecule has 0 bridgehead atoms. The van der Waals surface area contributed by atoms with E-state index in [4.69, 9.17) is 0 Å². The molecule has 0 fully saturated rings. The fraction of sp³-hybridized carbons (Fsp3) is 0.143. The van der Waals surface area contributed by atoms with Gasteiger partial charge in [0.25, 0.3) is 0 Å². The van der Waals surface area contributed by atoms with Gasteiger partial charge in [0, 0.05) is 18.3 Å². The molecule has 0 N–H and O–H groups in total. The highest BCUT2D eigenvalue weighted by atomic mass is 15.1. The van der Waals surface area contributed by atoms with Gasteiger partial charge < -0.3 is 4.57 Å². The van der Waals surface area contributed by atoms with E-state index in [0.29, 0.717) is 0 Å². The normalized spacial score (nSPS) is 10.9. The maximum atomic E-state index is 4.65. The van der Waals surface area contributed by atoms with Gasteiger partial charge in [-0.15, -0.1) is 0 Å². The molecule has 3 aromatic rings. The summed E-state index contributed by atoms with van der Waals surface area (Å²) in [6.45, 7) is 2.99. The third-order valence-electron chi connectivity index (χ3n) is 2.85. The van der Waals surface area contributed by atoms with Crippen molar-refractivity contribution < 1.29 is 0 Å². The number of pyridine rings is 1. The molecule has 1 aromatic carbocycles. The van der Waals surface area contributed by atoms with Crippen molar-refractivity contribution in [2.45, 2.75) is 13.5 Å². The van der Waals surface area contributed by atoms with E-state index in [0.717, 1.165) is 29.1 Å². The van der Waals surface area contributed by atoms with Crippen molar-refractivity contribution in [3.63, 3.8) is 0 Å². The zero-order valence-corrected chi connectivity index (χ0v) is 9.67. The predicted octanol–water partition coefficient (Wildman–Crippen LogP) is 3.12. The van der Waals surface area contributed by atoms with E-state index >= 15 is 0 Å². The first-order valence-electron chi connectivity index (χ1n) is 5.77. The Morgan fingerprint density at radius 1 is 1.06 bits per heavy atom. The zero-order chi connectivity index (χ0) is 11.7. The van der Waals surface area contributed by atoms with E-state index in [2.05, 4.69) is 33.6 Å². The molecule has 0 radical (unpaired) electrons. The van der Waals surface area contributed by atoms with Crippen molar-refractivity contribution in [3.05, 3.63) is 48.7 Å². The first kappa shape index (κ1) is 10.0. The van der Waals surface area contributed by atoms with Crippen LogP contribution in [0.3, 0.4) is 0 Å². The fourth-order valence-corrected chi connectivity index (χ4v) is 2.07. The summed E-state index contributed by atoms with van der Waals surface area (Å²) in [6.07, 6.45) is 1.81. The number of aromatic nitrogens is 3. The second-order valence-electron chi connectivity index (χ2n) is 3.89. The molecule has 3 rings (SSSR count). The highest BCUT2D eigenvalue weighted by Crippen LogP contribution is 2.22. The van der Waals surface area contributed by atoms with Crippen molar-refractivity contribution in [3.8, 4) is 11.4 Å². The van der Waals surface area contributed by atoms with Gasteiger partial charge in [-0.1, -0.05) is 30.3 Å². The monoisotopic (exact) mass is 223 g/mol. The molecule has 0 unspecified atom stereocenters. The Bertz CT molecular complexity index is 641. The summed E-state index contributed by atoms with van der Waals surface area (Å²) in [7, 11) is 0. The van der Waals surface area contributed by atoms with Gasteiger partial charge in [-0.3, -0.25) is 0 Å². The van der Waals surface area contributed by atoms with Crippen LogP contribution in [0.25, 0.3) is 22.6 Å². The standard InChI is InChI=1S/C14H13N3/c1-2-17-13(11-7-4-3-5-8-11)16-12-9-6-10-15-14(12)17/h3-10H,2H2,1H3. The van der Waals surface area contributed by atoms with Gasteiger partial charge in [-0.25, -0.2) is 9.97 Å². The molecule has 3 heteroatoms. The first-order valence-corrected chi connectivity index (χ1v) is 5.77. The first-order chi connectivity index (χ1) is 8.40. The van der Waals surface area contributed by atoms with Gasteiger partial charge in [0.05, 0.1) is 0 Å². The quantitative estimate of drug-likeness (QED) is 0.668. The molecular weight excluding hydrogens is 210 g/mol. The van der Waals surface area contributed by atoms with Gasteiger partial charge in [0.2, 0.25) is 0 Å². The van der Waals surface area contributed by atoms with Crippen molar-refractivity contribution in [1.82, 2.24) is 14.5 Å². The smallest absolute Gasteiger partial charge is 0.160 e. The summed E-state index contributed by atoms with van der Waals surface area (Å²) in [6, 6.07) is 14.1. The lowest BCUT2D eigenvalue weighted by molar-refractivity contribution is 0.787. The maximum Gasteiger partial charge on any atom is 0.160 e. The number of benzene rings is 1. The van der Waals surface area contributed by atoms with Gasteiger partial charge in [-0.05, 0) is 19.1 Å². The minimum absolute atomic E-state index is 0.873. The van der Waals surface area contributed by atoms with Crippen LogP contribution in [0.4, 0.5) is 0 Å². The average Bonchev–Trinajstić information content (AvgIpc) is 2.78. The minimum atomic E-state index is 0.873. The lowest BCUT2D eigenvalue weighted by Gasteiger charge is -2.04. The topological polar surface area (TPSA) is 30.7 Å². The minimum Gasteiger partial charge on any atom is -0.309 e. The zero-order valence-electron chi connectivity index (χ0n) is 9.67. The molecule has 84 valence electrons. The molecule has 0 saturated heterocycles. The van der Waals surface area contributed by atoms with Crippen molar-refractivity contribution >= 4 is 11.2 Å². The van der Waals surface area contributed by atoms with E-state index < -0.39 is 0 Å². The van der Waals surface area contributed by atoms with Crippen LogP contribution >= 0.6 is 0 Å². The SMILES string of the molecule is CCn1c(-c2ccccc2)nc2cccnc21. The van der Waals surface area contributed by atoms with E-state index in [9.17, 15) is 0 Å². The number of imidazole rings is 1. The Kier molecular flexibility index (Phi) is 2.37. The van der Waals surface area contributed by atoms with Crippen LogP contribution in [0.5, 0.6) is 0 Å². The fourth-order valence-electron chi connectivity index (χ4n) is 2.07. The van der Waals surface area contributed by atoms with Crippen LogP contribution in [0.15, 0.2) is 48.7 Å². The van der Waals surface area contributed by atoms with Crippen molar-refractivity contribution in [1.29, 1.82) is 0 Å². The Labute approximate surface area is 99.8 Å². The highest BCUT2D eigenvalue weighted by molar-refractivity contribution is 5.76. The Hall–Kier alpha value is -2.16. The maximum absolute atomic E-state index is 4.65. The third-order valence-corrected chi connectivity index (χ3v) is 2.85. The van der Waals surface area contributed by atoms with Crippen LogP contribution in [0.2, 0.25) is 0 Å². The van der Waals surface area contributed by atoms with Gasteiger partial charge in [-0.2, -0.15) is 0 Å². The lowest BCUT2D eigenvalue weighted by Crippen LogP contribution is -1.98. The number of hydrogen-bond donors (Lipinski definition) is 0. The average molecular weight is 223 g/mol. The number of aryl methyl sites for hydroxylation is 1. The Morgan fingerprint density at radius 3 is 2.65 bits per heavy atom. The van der Waals surface area contributed by atoms with Crippen LogP contribution in [-0.4, -0.2) is 14.5 Å². The molecular formula is C14H13N3. The van der Waals surface area contributed by atoms with E-state index in [-0.39, 0.29) is 0 Å². The molecule has 0 spiro atoms. The summed E-state index contributed by atoms with van der Waals surface area (Å²) in [5.74, 6) is 0.988. The lowest BCUT2D eigenvalue weighted by atomic mass is 10.2. The van der Waals surface area contributed by atoms with Crippen LogP contribution < -0.4 is 0 Å². The predicted molar refractivity (Wildman–Crippen MR) is 68.6 cm³/mol. The summed E-state index contributed by atoms with van der Waals surface area (Å²) >= 11 is 0. The van der Waals surface area contributed by atoms with E-state index in [1.807, 2.05) is 36.5 Å². The van der Waals surface area contributed by atoms with Gasteiger partial charge in [0.15, 0.2) is 5.65 Å². The number of nitrogens with zero attached hydrogens (tertiary/aromatic N) is 3. The second kappa shape index (κ2) is 4.01. The summed E-state index contributed by atoms with van der Waals surface area (Å²) < 4.78 is 2.14. The van der Waals surface area contributed by atoms with Crippen molar-refractivity contribution in [2.24, 2.45) is 0 Å². The molecule has 0 saturated carbocycles. The molecule has 0 atom stereocenters. The van der Waals surface area contributed by atoms with Gasteiger partial charge in [0.1, 0.15) is 11.3 Å². The van der Waals surface area contributed by atoms with E-state index in [1.165, 1.54) is 0 Å². The molecule has 0 amide bonds. The summed E-state index contributed by atoms with van der Waals surface area (Å²) in [5, 5.41) is 0. The number of rotatable bonds is 2. The number of hydrogen-bond acceptors (Lipinski definition) is 2.